The second-order valence-corrected chi connectivity index (χ2v) is 7.09. The van der Waals surface area contributed by atoms with Crippen molar-refractivity contribution in [2.45, 2.75) is 6.54 Å². The maximum absolute atomic E-state index is 12.6. The molecule has 8 heteroatoms. The second-order valence-electron chi connectivity index (χ2n) is 6.24. The summed E-state index contributed by atoms with van der Waals surface area (Å²) >= 11 is 3.47. The van der Waals surface area contributed by atoms with Crippen LogP contribution in [0.4, 0.5) is 10.5 Å². The molecule has 1 saturated heterocycles. The van der Waals surface area contributed by atoms with Crippen LogP contribution in [0.5, 0.6) is 11.5 Å². The molecule has 1 aliphatic rings. The van der Waals surface area contributed by atoms with Gasteiger partial charge in [-0.05, 0) is 33.6 Å². The number of urea groups is 1. The van der Waals surface area contributed by atoms with Crippen molar-refractivity contribution in [2.75, 3.05) is 45.7 Å². The lowest BCUT2D eigenvalue weighted by atomic mass is 10.2. The van der Waals surface area contributed by atoms with Gasteiger partial charge >= 0.3 is 6.03 Å². The molecule has 2 aromatic rings. The smallest absolute Gasteiger partial charge is 0.321 e. The molecule has 1 aromatic carbocycles. The summed E-state index contributed by atoms with van der Waals surface area (Å²) in [6.45, 7) is 3.91. The Hall–Kier alpha value is -2.32. The van der Waals surface area contributed by atoms with E-state index in [2.05, 4.69) is 31.1 Å². The lowest BCUT2D eigenvalue weighted by Gasteiger charge is -2.34. The van der Waals surface area contributed by atoms with E-state index in [-0.39, 0.29) is 6.03 Å². The zero-order valence-corrected chi connectivity index (χ0v) is 17.0. The lowest BCUT2D eigenvalue weighted by molar-refractivity contribution is 0.143. The number of nitrogens with one attached hydrogen (secondary N) is 1. The number of piperazine rings is 1. The summed E-state index contributed by atoms with van der Waals surface area (Å²) in [5.41, 5.74) is 1.88. The molecule has 27 heavy (non-hydrogen) atoms. The van der Waals surface area contributed by atoms with Gasteiger partial charge in [0.2, 0.25) is 0 Å². The zero-order valence-electron chi connectivity index (χ0n) is 15.4. The molecule has 0 unspecified atom stereocenters. The minimum atomic E-state index is -0.119. The molecule has 0 spiro atoms. The van der Waals surface area contributed by atoms with E-state index in [4.69, 9.17) is 9.47 Å². The van der Waals surface area contributed by atoms with E-state index >= 15 is 0 Å². The van der Waals surface area contributed by atoms with Gasteiger partial charge in [-0.1, -0.05) is 0 Å². The molecular weight excluding hydrogens is 412 g/mol. The molecule has 0 bridgehead atoms. The highest BCUT2D eigenvalue weighted by atomic mass is 79.9. The third-order valence-electron chi connectivity index (χ3n) is 4.53. The van der Waals surface area contributed by atoms with Crippen LogP contribution in [0.2, 0.25) is 0 Å². The maximum Gasteiger partial charge on any atom is 0.321 e. The number of nitrogens with zero attached hydrogens (tertiary/aromatic N) is 3. The van der Waals surface area contributed by atoms with Crippen LogP contribution in [0.1, 0.15) is 5.56 Å². The number of methoxy groups -OCH3 is 2. The van der Waals surface area contributed by atoms with Crippen LogP contribution in [-0.2, 0) is 6.54 Å². The van der Waals surface area contributed by atoms with E-state index in [0.717, 1.165) is 24.1 Å². The fraction of sp³-hybridized carbons (Fsp3) is 0.368. The number of hydrogen-bond donors (Lipinski definition) is 1. The van der Waals surface area contributed by atoms with Crippen LogP contribution < -0.4 is 14.8 Å². The Labute approximate surface area is 167 Å². The van der Waals surface area contributed by atoms with Crippen LogP contribution in [0, 0.1) is 0 Å². The fourth-order valence-corrected chi connectivity index (χ4v) is 3.42. The highest BCUT2D eigenvalue weighted by molar-refractivity contribution is 9.10. The largest absolute Gasteiger partial charge is 0.493 e. The summed E-state index contributed by atoms with van der Waals surface area (Å²) in [7, 11) is 3.15. The Balaban J connectivity index is 1.57. The molecule has 2 amide bonds. The number of benzene rings is 1. The minimum absolute atomic E-state index is 0.119. The Morgan fingerprint density at radius 3 is 2.37 bits per heavy atom. The van der Waals surface area contributed by atoms with Crippen molar-refractivity contribution in [3.63, 3.8) is 0 Å². The summed E-state index contributed by atoms with van der Waals surface area (Å²) in [5.74, 6) is 1.17. The average Bonchev–Trinajstić information content (AvgIpc) is 2.70. The number of ether oxygens (including phenoxy) is 2. The second kappa shape index (κ2) is 9.05. The quantitative estimate of drug-likeness (QED) is 0.782. The van der Waals surface area contributed by atoms with E-state index in [9.17, 15) is 4.79 Å². The third kappa shape index (κ3) is 4.90. The molecule has 0 radical (unpaired) electrons. The van der Waals surface area contributed by atoms with E-state index in [1.807, 2.05) is 17.0 Å². The number of carbonyl (C=O) groups is 1. The van der Waals surface area contributed by atoms with Gasteiger partial charge in [-0.3, -0.25) is 9.88 Å². The first-order chi connectivity index (χ1) is 13.1. The Morgan fingerprint density at radius 2 is 1.74 bits per heavy atom. The predicted octanol–water partition coefficient (Wildman–Crippen LogP) is 3.21. The molecule has 0 atom stereocenters. The van der Waals surface area contributed by atoms with Gasteiger partial charge in [0.25, 0.3) is 0 Å². The number of aromatic nitrogens is 1. The van der Waals surface area contributed by atoms with Crippen LogP contribution >= 0.6 is 15.9 Å². The monoisotopic (exact) mass is 434 g/mol. The Bertz CT molecular complexity index is 780. The number of carbonyl (C=O) groups excluding carboxylic acids is 1. The molecule has 0 aliphatic carbocycles. The van der Waals surface area contributed by atoms with Gasteiger partial charge in [-0.2, -0.15) is 0 Å². The molecular formula is C19H23BrN4O3. The van der Waals surface area contributed by atoms with E-state index < -0.39 is 0 Å². The zero-order chi connectivity index (χ0) is 19.2. The lowest BCUT2D eigenvalue weighted by Crippen LogP contribution is -2.49. The van der Waals surface area contributed by atoms with Gasteiger partial charge in [0, 0.05) is 61.7 Å². The molecule has 1 aliphatic heterocycles. The van der Waals surface area contributed by atoms with Crippen molar-refractivity contribution in [1.29, 1.82) is 0 Å². The van der Waals surface area contributed by atoms with Gasteiger partial charge < -0.3 is 19.7 Å². The predicted molar refractivity (Wildman–Crippen MR) is 107 cm³/mol. The van der Waals surface area contributed by atoms with Gasteiger partial charge in [-0.25, -0.2) is 4.79 Å². The summed E-state index contributed by atoms with van der Waals surface area (Å²) in [4.78, 5) is 20.8. The van der Waals surface area contributed by atoms with Crippen LogP contribution in [0.25, 0.3) is 0 Å². The summed E-state index contributed by atoms with van der Waals surface area (Å²) in [6, 6.07) is 7.45. The van der Waals surface area contributed by atoms with Gasteiger partial charge in [-0.15, -0.1) is 0 Å². The van der Waals surface area contributed by atoms with Crippen molar-refractivity contribution in [1.82, 2.24) is 14.8 Å². The third-order valence-corrected chi connectivity index (χ3v) is 5.19. The molecule has 1 N–H and O–H groups in total. The number of halogens is 1. The number of anilines is 1. The minimum Gasteiger partial charge on any atom is -0.493 e. The fourth-order valence-electron chi connectivity index (χ4n) is 3.00. The standard InChI is InChI=1S/C19H23BrN4O3/c1-26-17-11-15(20)16(12-18(17)27-2)22-19(25)24-9-7-23(8-10-24)13-14-3-5-21-6-4-14/h3-6,11-12H,7-10,13H2,1-2H3,(H,22,25). The molecule has 2 heterocycles. The number of rotatable bonds is 5. The van der Waals surface area contributed by atoms with Gasteiger partial charge in [0.15, 0.2) is 11.5 Å². The van der Waals surface area contributed by atoms with Crippen molar-refractivity contribution in [2.24, 2.45) is 0 Å². The van der Waals surface area contributed by atoms with E-state index in [1.54, 1.807) is 38.7 Å². The summed E-state index contributed by atoms with van der Waals surface area (Å²) in [5, 5.41) is 2.95. The molecule has 0 saturated carbocycles. The number of amides is 2. The first kappa shape index (κ1) is 19.4. The first-order valence-corrected chi connectivity index (χ1v) is 9.48. The first-order valence-electron chi connectivity index (χ1n) is 8.69. The number of pyridine rings is 1. The highest BCUT2D eigenvalue weighted by Gasteiger charge is 2.22. The van der Waals surface area contributed by atoms with Gasteiger partial charge in [0.05, 0.1) is 19.9 Å². The SMILES string of the molecule is COc1cc(Br)c(NC(=O)N2CCN(Cc3ccncc3)CC2)cc1OC. The normalized spacial score (nSPS) is 14.7. The molecule has 1 fully saturated rings. The van der Waals surface area contributed by atoms with Crippen molar-refractivity contribution in [3.8, 4) is 11.5 Å². The summed E-state index contributed by atoms with van der Waals surface area (Å²) < 4.78 is 11.3. The van der Waals surface area contributed by atoms with Crippen LogP contribution in [0.3, 0.4) is 0 Å². The van der Waals surface area contributed by atoms with E-state index in [0.29, 0.717) is 30.3 Å². The van der Waals surface area contributed by atoms with Crippen LogP contribution in [-0.4, -0.2) is 61.2 Å². The average molecular weight is 435 g/mol. The molecule has 1 aromatic heterocycles. The van der Waals surface area contributed by atoms with Crippen molar-refractivity contribution < 1.29 is 14.3 Å². The Kier molecular flexibility index (Phi) is 6.52. The molecule has 144 valence electrons. The topological polar surface area (TPSA) is 66.9 Å². The van der Waals surface area contributed by atoms with Crippen molar-refractivity contribution >= 4 is 27.6 Å². The Morgan fingerprint density at radius 1 is 1.11 bits per heavy atom. The number of hydrogen-bond acceptors (Lipinski definition) is 5. The van der Waals surface area contributed by atoms with E-state index in [1.165, 1.54) is 5.56 Å². The molecule has 7 nitrogen and oxygen atoms in total. The molecule has 3 rings (SSSR count). The van der Waals surface area contributed by atoms with Crippen LogP contribution in [0.15, 0.2) is 41.1 Å². The maximum atomic E-state index is 12.6. The highest BCUT2D eigenvalue weighted by Crippen LogP contribution is 2.36. The van der Waals surface area contributed by atoms with Crippen molar-refractivity contribution in [3.05, 3.63) is 46.7 Å². The van der Waals surface area contributed by atoms with Gasteiger partial charge in [0.1, 0.15) is 0 Å². The summed E-state index contributed by atoms with van der Waals surface area (Å²) in [6.07, 6.45) is 3.61.